The fourth-order valence-electron chi connectivity index (χ4n) is 2.06. The molecule has 1 aromatic rings. The Morgan fingerprint density at radius 2 is 2.25 bits per heavy atom. The predicted molar refractivity (Wildman–Crippen MR) is 68.6 cm³/mol. The van der Waals surface area contributed by atoms with Crippen molar-refractivity contribution in [1.82, 2.24) is 4.98 Å². The van der Waals surface area contributed by atoms with Gasteiger partial charge in [0.25, 0.3) is 0 Å². The first-order chi connectivity index (χ1) is 7.84. The van der Waals surface area contributed by atoms with Crippen molar-refractivity contribution in [3.8, 4) is 0 Å². The molecule has 0 fully saturated rings. The highest BCUT2D eigenvalue weighted by molar-refractivity contribution is 5.35. The molecule has 2 rings (SSSR count). The van der Waals surface area contributed by atoms with Gasteiger partial charge in [-0.2, -0.15) is 0 Å². The average Bonchev–Trinajstić information content (AvgIpc) is 2.33. The number of rotatable bonds is 4. The van der Waals surface area contributed by atoms with Crippen LogP contribution < -0.4 is 5.32 Å². The summed E-state index contributed by atoms with van der Waals surface area (Å²) in [4.78, 5) is 4.33. The molecule has 16 heavy (non-hydrogen) atoms. The van der Waals surface area contributed by atoms with Gasteiger partial charge >= 0.3 is 0 Å². The van der Waals surface area contributed by atoms with E-state index in [0.717, 1.165) is 18.8 Å². The molecule has 0 atom stereocenters. The average molecular weight is 216 g/mol. The minimum absolute atomic E-state index is 0.988. The summed E-state index contributed by atoms with van der Waals surface area (Å²) in [6.07, 6.45) is 10.8. The summed E-state index contributed by atoms with van der Waals surface area (Å²) >= 11 is 0. The number of allylic oxidation sites excluding steroid dienone is 1. The smallest absolute Gasteiger partial charge is 0.125 e. The Kier molecular flexibility index (Phi) is 3.97. The molecule has 2 heteroatoms. The highest BCUT2D eigenvalue weighted by Crippen LogP contribution is 2.19. The highest BCUT2D eigenvalue weighted by Gasteiger charge is 2.02. The van der Waals surface area contributed by atoms with E-state index in [2.05, 4.69) is 29.4 Å². The van der Waals surface area contributed by atoms with Crippen LogP contribution in [0, 0.1) is 6.92 Å². The van der Waals surface area contributed by atoms with Crippen LogP contribution in [0.25, 0.3) is 0 Å². The summed E-state index contributed by atoms with van der Waals surface area (Å²) < 4.78 is 0. The lowest BCUT2D eigenvalue weighted by molar-refractivity contribution is 0.679. The van der Waals surface area contributed by atoms with E-state index in [1.165, 1.54) is 31.2 Å². The Labute approximate surface area is 97.8 Å². The maximum atomic E-state index is 4.33. The number of aryl methyl sites for hydroxylation is 1. The van der Waals surface area contributed by atoms with Crippen LogP contribution in [0.4, 0.5) is 5.82 Å². The summed E-state index contributed by atoms with van der Waals surface area (Å²) in [5.74, 6) is 0.988. The molecule has 86 valence electrons. The predicted octanol–water partition coefficient (Wildman–Crippen LogP) is 3.69. The van der Waals surface area contributed by atoms with Gasteiger partial charge in [-0.05, 0) is 50.7 Å². The largest absolute Gasteiger partial charge is 0.370 e. The zero-order chi connectivity index (χ0) is 11.2. The quantitative estimate of drug-likeness (QED) is 0.776. The number of pyridine rings is 1. The Morgan fingerprint density at radius 3 is 2.94 bits per heavy atom. The van der Waals surface area contributed by atoms with Crippen LogP contribution in [-0.4, -0.2) is 11.5 Å². The summed E-state index contributed by atoms with van der Waals surface area (Å²) in [5, 5.41) is 3.37. The number of nitrogens with one attached hydrogen (secondary N) is 1. The van der Waals surface area contributed by atoms with E-state index in [1.807, 2.05) is 12.3 Å². The van der Waals surface area contributed by atoms with Crippen molar-refractivity contribution in [2.24, 2.45) is 0 Å². The minimum atomic E-state index is 0.988. The summed E-state index contributed by atoms with van der Waals surface area (Å²) in [6.45, 7) is 3.06. The molecule has 0 saturated heterocycles. The van der Waals surface area contributed by atoms with Crippen LogP contribution in [0.1, 0.15) is 37.7 Å². The number of nitrogens with zero attached hydrogens (tertiary/aromatic N) is 1. The molecule has 0 aromatic carbocycles. The van der Waals surface area contributed by atoms with Gasteiger partial charge in [0.15, 0.2) is 0 Å². The fourth-order valence-corrected chi connectivity index (χ4v) is 2.06. The summed E-state index contributed by atoms with van der Waals surface area (Å²) in [7, 11) is 0. The van der Waals surface area contributed by atoms with Crippen LogP contribution in [0.3, 0.4) is 0 Å². The Bertz CT molecular complexity index is 352. The molecule has 1 aromatic heterocycles. The van der Waals surface area contributed by atoms with Gasteiger partial charge in [0, 0.05) is 12.7 Å². The van der Waals surface area contributed by atoms with E-state index < -0.39 is 0 Å². The maximum Gasteiger partial charge on any atom is 0.125 e. The molecule has 0 spiro atoms. The van der Waals surface area contributed by atoms with Gasteiger partial charge in [0.1, 0.15) is 5.82 Å². The van der Waals surface area contributed by atoms with Crippen LogP contribution >= 0.6 is 0 Å². The first-order valence-corrected chi connectivity index (χ1v) is 6.19. The third-order valence-corrected chi connectivity index (χ3v) is 3.05. The normalized spacial score (nSPS) is 15.7. The lowest BCUT2D eigenvalue weighted by Crippen LogP contribution is -2.05. The molecule has 1 aliphatic rings. The Balaban J connectivity index is 1.75. The van der Waals surface area contributed by atoms with E-state index in [9.17, 15) is 0 Å². The summed E-state index contributed by atoms with van der Waals surface area (Å²) in [5.41, 5.74) is 2.83. The Hall–Kier alpha value is -1.31. The number of hydrogen-bond donors (Lipinski definition) is 1. The zero-order valence-electron chi connectivity index (χ0n) is 10.00. The van der Waals surface area contributed by atoms with Gasteiger partial charge in [-0.1, -0.05) is 17.7 Å². The molecular formula is C14H20N2. The maximum absolute atomic E-state index is 4.33. The van der Waals surface area contributed by atoms with Crippen LogP contribution in [0.15, 0.2) is 30.0 Å². The van der Waals surface area contributed by atoms with Gasteiger partial charge in [-0.3, -0.25) is 0 Å². The van der Waals surface area contributed by atoms with E-state index in [-0.39, 0.29) is 0 Å². The van der Waals surface area contributed by atoms with Gasteiger partial charge < -0.3 is 5.32 Å². The molecule has 0 amide bonds. The Morgan fingerprint density at radius 1 is 1.31 bits per heavy atom. The molecule has 0 radical (unpaired) electrons. The van der Waals surface area contributed by atoms with E-state index in [0.29, 0.717) is 0 Å². The third-order valence-electron chi connectivity index (χ3n) is 3.05. The van der Waals surface area contributed by atoms with Crippen molar-refractivity contribution >= 4 is 5.82 Å². The zero-order valence-corrected chi connectivity index (χ0v) is 10.00. The first kappa shape index (κ1) is 11.2. The number of hydrogen-bond acceptors (Lipinski definition) is 2. The highest BCUT2D eigenvalue weighted by atomic mass is 15.0. The van der Waals surface area contributed by atoms with Gasteiger partial charge in [0.05, 0.1) is 0 Å². The minimum Gasteiger partial charge on any atom is -0.370 e. The van der Waals surface area contributed by atoms with Crippen LogP contribution in [0.2, 0.25) is 0 Å². The van der Waals surface area contributed by atoms with Crippen molar-refractivity contribution in [2.45, 2.75) is 39.0 Å². The SMILES string of the molecule is Cc1ccc(NCCC2=CCCCC2)nc1. The monoisotopic (exact) mass is 216 g/mol. The van der Waals surface area contributed by atoms with E-state index >= 15 is 0 Å². The molecular weight excluding hydrogens is 196 g/mol. The van der Waals surface area contributed by atoms with Gasteiger partial charge in [0.2, 0.25) is 0 Å². The molecule has 1 heterocycles. The number of anilines is 1. The molecule has 2 nitrogen and oxygen atoms in total. The molecule has 1 N–H and O–H groups in total. The first-order valence-electron chi connectivity index (χ1n) is 6.19. The summed E-state index contributed by atoms with van der Waals surface area (Å²) in [6, 6.07) is 4.14. The lowest BCUT2D eigenvalue weighted by atomic mass is 9.97. The van der Waals surface area contributed by atoms with Crippen molar-refractivity contribution in [3.63, 3.8) is 0 Å². The fraction of sp³-hybridized carbons (Fsp3) is 0.500. The molecule has 0 aliphatic heterocycles. The molecule has 0 bridgehead atoms. The topological polar surface area (TPSA) is 24.9 Å². The van der Waals surface area contributed by atoms with Crippen molar-refractivity contribution < 1.29 is 0 Å². The second kappa shape index (κ2) is 5.69. The molecule has 0 unspecified atom stereocenters. The van der Waals surface area contributed by atoms with Crippen molar-refractivity contribution in [2.75, 3.05) is 11.9 Å². The van der Waals surface area contributed by atoms with Crippen LogP contribution in [-0.2, 0) is 0 Å². The van der Waals surface area contributed by atoms with E-state index in [1.54, 1.807) is 5.57 Å². The van der Waals surface area contributed by atoms with Crippen LogP contribution in [0.5, 0.6) is 0 Å². The lowest BCUT2D eigenvalue weighted by Gasteiger charge is -2.13. The standard InChI is InChI=1S/C14H20N2/c1-12-7-8-14(16-11-12)15-10-9-13-5-3-2-4-6-13/h5,7-8,11H,2-4,6,9-10H2,1H3,(H,15,16). The third kappa shape index (κ3) is 3.37. The molecule has 0 saturated carbocycles. The number of aromatic nitrogens is 1. The van der Waals surface area contributed by atoms with E-state index in [4.69, 9.17) is 0 Å². The van der Waals surface area contributed by atoms with Crippen molar-refractivity contribution in [3.05, 3.63) is 35.5 Å². The van der Waals surface area contributed by atoms with Gasteiger partial charge in [-0.15, -0.1) is 0 Å². The molecule has 1 aliphatic carbocycles. The second-order valence-electron chi connectivity index (χ2n) is 4.51. The second-order valence-corrected chi connectivity index (χ2v) is 4.51. The van der Waals surface area contributed by atoms with Gasteiger partial charge in [-0.25, -0.2) is 4.98 Å². The van der Waals surface area contributed by atoms with Crippen molar-refractivity contribution in [1.29, 1.82) is 0 Å².